The van der Waals surface area contributed by atoms with Crippen molar-refractivity contribution in [3.63, 3.8) is 0 Å². The summed E-state index contributed by atoms with van der Waals surface area (Å²) in [5.74, 6) is -0.254. The van der Waals surface area contributed by atoms with Gasteiger partial charge in [-0.05, 0) is 59.5 Å². The summed E-state index contributed by atoms with van der Waals surface area (Å²) in [4.78, 5) is 28.8. The highest BCUT2D eigenvalue weighted by atomic mass is 35.5. The van der Waals surface area contributed by atoms with Crippen LogP contribution in [-0.2, 0) is 11.3 Å². The van der Waals surface area contributed by atoms with Crippen molar-refractivity contribution in [2.75, 3.05) is 11.4 Å². The van der Waals surface area contributed by atoms with Crippen molar-refractivity contribution in [1.29, 1.82) is 5.26 Å². The number of anilines is 1. The molecule has 5 rings (SSSR count). The summed E-state index contributed by atoms with van der Waals surface area (Å²) in [6, 6.07) is 21.7. The Balaban J connectivity index is 1.24. The molecule has 0 aliphatic carbocycles. The average Bonchev–Trinajstić information content (AvgIpc) is 3.36. The van der Waals surface area contributed by atoms with E-state index in [1.807, 2.05) is 30.3 Å². The minimum Gasteiger partial charge on any atom is -0.310 e. The number of carbonyl (C=O) groups excluding carboxylic acids is 2. The first-order valence-electron chi connectivity index (χ1n) is 10.9. The third-order valence-electron chi connectivity index (χ3n) is 6.22. The number of halogens is 2. The summed E-state index contributed by atoms with van der Waals surface area (Å²) >= 11 is 12.1. The van der Waals surface area contributed by atoms with Crippen LogP contribution in [0.3, 0.4) is 0 Å². The van der Waals surface area contributed by atoms with Crippen molar-refractivity contribution in [3.8, 4) is 17.2 Å². The second kappa shape index (κ2) is 9.11. The van der Waals surface area contributed by atoms with Crippen LogP contribution in [0.4, 0.5) is 10.5 Å². The lowest BCUT2D eigenvalue weighted by Crippen LogP contribution is -2.38. The highest BCUT2D eigenvalue weighted by molar-refractivity contribution is 6.35. The van der Waals surface area contributed by atoms with E-state index in [0.29, 0.717) is 40.8 Å². The Morgan fingerprint density at radius 3 is 2.38 bits per heavy atom. The van der Waals surface area contributed by atoms with Gasteiger partial charge in [0, 0.05) is 29.2 Å². The topological polar surface area (TPSA) is 76.4 Å². The number of nitriles is 1. The molecule has 2 aliphatic rings. The summed E-state index contributed by atoms with van der Waals surface area (Å²) in [6.45, 7) is 1.07. The van der Waals surface area contributed by atoms with E-state index >= 15 is 0 Å². The molecule has 0 spiro atoms. The van der Waals surface area contributed by atoms with E-state index in [0.717, 1.165) is 16.7 Å². The van der Waals surface area contributed by atoms with Gasteiger partial charge in [0.2, 0.25) is 0 Å². The SMILES string of the molecule is N#Cc1ccc(-c2cccc(CN[C@H]3C[C@H]4C(=O)N(c5cc(Cl)cc(Cl)c5)C(=O)N4C3)c2)cc1. The second-order valence-corrected chi connectivity index (χ2v) is 9.33. The molecule has 0 bridgehead atoms. The zero-order valence-electron chi connectivity index (χ0n) is 18.0. The number of amides is 3. The van der Waals surface area contributed by atoms with Crippen molar-refractivity contribution in [1.82, 2.24) is 10.2 Å². The predicted molar refractivity (Wildman–Crippen MR) is 132 cm³/mol. The van der Waals surface area contributed by atoms with Gasteiger partial charge in [0.25, 0.3) is 5.91 Å². The quantitative estimate of drug-likeness (QED) is 0.496. The number of carbonyl (C=O) groups is 2. The number of fused-ring (bicyclic) bond motifs is 1. The highest BCUT2D eigenvalue weighted by Crippen LogP contribution is 2.34. The third kappa shape index (κ3) is 4.26. The van der Waals surface area contributed by atoms with Crippen molar-refractivity contribution in [2.24, 2.45) is 0 Å². The Bertz CT molecular complexity index is 1270. The van der Waals surface area contributed by atoms with Crippen LogP contribution in [0.5, 0.6) is 0 Å². The normalized spacial score (nSPS) is 19.4. The first-order chi connectivity index (χ1) is 16.4. The molecule has 3 amide bonds. The molecule has 2 saturated heterocycles. The van der Waals surface area contributed by atoms with E-state index in [9.17, 15) is 9.59 Å². The molecule has 2 aliphatic heterocycles. The number of nitrogens with one attached hydrogen (secondary N) is 1. The maximum absolute atomic E-state index is 13.0. The Labute approximate surface area is 207 Å². The Kier molecular flexibility index (Phi) is 6.01. The van der Waals surface area contributed by atoms with E-state index in [1.165, 1.54) is 4.90 Å². The lowest BCUT2D eigenvalue weighted by Gasteiger charge is -2.19. The molecule has 0 saturated carbocycles. The first kappa shape index (κ1) is 22.4. The third-order valence-corrected chi connectivity index (χ3v) is 6.65. The standard InChI is InChI=1S/C26H20Cl2N4O2/c27-20-9-21(28)11-23(10-20)32-25(33)24-12-22(15-31(24)26(32)34)30-14-17-2-1-3-19(8-17)18-6-4-16(13-29)5-7-18/h1-11,22,24,30H,12,14-15H2/t22-,24-/m0/s1. The fourth-order valence-electron chi connectivity index (χ4n) is 4.57. The Morgan fingerprint density at radius 1 is 0.971 bits per heavy atom. The fourth-order valence-corrected chi connectivity index (χ4v) is 5.08. The molecule has 8 heteroatoms. The van der Waals surface area contributed by atoms with Gasteiger partial charge in [0.1, 0.15) is 6.04 Å². The van der Waals surface area contributed by atoms with Crippen LogP contribution in [0.15, 0.2) is 66.7 Å². The van der Waals surface area contributed by atoms with Gasteiger partial charge >= 0.3 is 6.03 Å². The molecule has 1 N–H and O–H groups in total. The van der Waals surface area contributed by atoms with E-state index in [-0.39, 0.29) is 18.0 Å². The van der Waals surface area contributed by atoms with Gasteiger partial charge in [-0.25, -0.2) is 9.69 Å². The summed E-state index contributed by atoms with van der Waals surface area (Å²) in [7, 11) is 0. The van der Waals surface area contributed by atoms with Crippen LogP contribution in [0.2, 0.25) is 10.0 Å². The van der Waals surface area contributed by atoms with Gasteiger partial charge in [0.05, 0.1) is 17.3 Å². The van der Waals surface area contributed by atoms with Crippen LogP contribution in [0.25, 0.3) is 11.1 Å². The van der Waals surface area contributed by atoms with Crippen molar-refractivity contribution in [2.45, 2.75) is 25.0 Å². The molecule has 2 atom stereocenters. The van der Waals surface area contributed by atoms with Crippen LogP contribution >= 0.6 is 23.2 Å². The minimum atomic E-state index is -0.493. The number of imide groups is 1. The molecular weight excluding hydrogens is 471 g/mol. The molecule has 34 heavy (non-hydrogen) atoms. The molecule has 3 aromatic rings. The molecule has 2 fully saturated rings. The summed E-state index contributed by atoms with van der Waals surface area (Å²) in [6.07, 6.45) is 0.546. The molecular formula is C26H20Cl2N4O2. The summed E-state index contributed by atoms with van der Waals surface area (Å²) < 4.78 is 0. The van der Waals surface area contributed by atoms with Crippen LogP contribution in [-0.4, -0.2) is 35.5 Å². The number of nitrogens with zero attached hydrogens (tertiary/aromatic N) is 3. The minimum absolute atomic E-state index is 0.0153. The largest absolute Gasteiger partial charge is 0.332 e. The van der Waals surface area contributed by atoms with E-state index < -0.39 is 6.04 Å². The maximum atomic E-state index is 13.0. The van der Waals surface area contributed by atoms with Gasteiger partial charge in [0.15, 0.2) is 0 Å². The number of rotatable bonds is 5. The fraction of sp³-hybridized carbons (Fsp3) is 0.192. The number of hydrogen-bond donors (Lipinski definition) is 1. The molecule has 2 heterocycles. The Hall–Kier alpha value is -3.37. The Morgan fingerprint density at radius 2 is 1.71 bits per heavy atom. The van der Waals surface area contributed by atoms with Gasteiger partial charge in [-0.2, -0.15) is 5.26 Å². The lowest BCUT2D eigenvalue weighted by molar-refractivity contribution is -0.119. The molecule has 3 aromatic carbocycles. The molecule has 0 radical (unpaired) electrons. The van der Waals surface area contributed by atoms with Crippen molar-refractivity contribution in [3.05, 3.63) is 87.9 Å². The molecule has 0 aromatic heterocycles. The highest BCUT2D eigenvalue weighted by Gasteiger charge is 2.51. The lowest BCUT2D eigenvalue weighted by atomic mass is 10.0. The van der Waals surface area contributed by atoms with E-state index in [1.54, 1.807) is 35.2 Å². The number of urea groups is 1. The van der Waals surface area contributed by atoms with Crippen LogP contribution in [0, 0.1) is 11.3 Å². The van der Waals surface area contributed by atoms with Gasteiger partial charge in [-0.15, -0.1) is 0 Å². The number of hydrogen-bond acceptors (Lipinski definition) is 4. The summed E-state index contributed by atoms with van der Waals surface area (Å²) in [5, 5.41) is 13.2. The monoisotopic (exact) mass is 490 g/mol. The second-order valence-electron chi connectivity index (χ2n) is 8.46. The average molecular weight is 491 g/mol. The zero-order valence-corrected chi connectivity index (χ0v) is 19.6. The van der Waals surface area contributed by atoms with Gasteiger partial charge in [-0.1, -0.05) is 53.5 Å². The summed E-state index contributed by atoms with van der Waals surface area (Å²) in [5.41, 5.74) is 4.23. The smallest absolute Gasteiger partial charge is 0.310 e. The number of benzene rings is 3. The van der Waals surface area contributed by atoms with E-state index in [2.05, 4.69) is 17.5 Å². The zero-order chi connectivity index (χ0) is 23.8. The maximum Gasteiger partial charge on any atom is 0.332 e. The van der Waals surface area contributed by atoms with E-state index in [4.69, 9.17) is 28.5 Å². The van der Waals surface area contributed by atoms with Crippen molar-refractivity contribution >= 4 is 40.8 Å². The van der Waals surface area contributed by atoms with Gasteiger partial charge in [-0.3, -0.25) is 4.79 Å². The van der Waals surface area contributed by atoms with Gasteiger partial charge < -0.3 is 10.2 Å². The van der Waals surface area contributed by atoms with Crippen LogP contribution in [0.1, 0.15) is 17.5 Å². The molecule has 6 nitrogen and oxygen atoms in total. The first-order valence-corrected chi connectivity index (χ1v) is 11.6. The van der Waals surface area contributed by atoms with Crippen LogP contribution < -0.4 is 10.2 Å². The molecule has 170 valence electrons. The molecule has 0 unspecified atom stereocenters. The van der Waals surface area contributed by atoms with Crippen molar-refractivity contribution < 1.29 is 9.59 Å². The predicted octanol–water partition coefficient (Wildman–Crippen LogP) is 5.23.